The highest BCUT2D eigenvalue weighted by molar-refractivity contribution is 7.87. The monoisotopic (exact) mass is 366 g/mol. The fourth-order valence-electron chi connectivity index (χ4n) is 2.77. The number of carbonyl (C=O) groups is 4. The topological polar surface area (TPSA) is 149 Å². The summed E-state index contributed by atoms with van der Waals surface area (Å²) >= 11 is 0. The van der Waals surface area contributed by atoms with Crippen LogP contribution in [0.4, 0.5) is 5.69 Å². The van der Waals surface area contributed by atoms with Gasteiger partial charge in [0.05, 0.1) is 12.1 Å². The maximum Gasteiger partial charge on any atom is 0.284 e. The first kappa shape index (κ1) is 17.0. The van der Waals surface area contributed by atoms with Gasteiger partial charge < -0.3 is 0 Å². The largest absolute Gasteiger partial charge is 0.284 e. The van der Waals surface area contributed by atoms with E-state index in [0.717, 1.165) is 29.2 Å². The molecule has 0 radical (unpaired) electrons. The molecule has 1 saturated heterocycles. The molecule has 1 aromatic carbocycles. The third kappa shape index (κ3) is 2.28. The minimum absolute atomic E-state index is 0.0582. The second kappa shape index (κ2) is 5.31. The molecule has 2 aliphatic heterocycles. The number of amides is 4. The standard InChI is InChI=1S/C14H10N2O8S/c17-10-4-5-11(18)15(10)9-3-1-2-8(6-9)14(25(22,23)24)7-12(19)16(21)13(14)20/h1-6,21H,7H2,(H,22,23,24). The summed E-state index contributed by atoms with van der Waals surface area (Å²) in [6.45, 7) is 0. The molecule has 1 unspecified atom stereocenters. The van der Waals surface area contributed by atoms with E-state index in [4.69, 9.17) is 0 Å². The van der Waals surface area contributed by atoms with Gasteiger partial charge in [-0.1, -0.05) is 12.1 Å². The lowest BCUT2D eigenvalue weighted by Gasteiger charge is -2.24. The normalized spacial score (nSPS) is 23.9. The van der Waals surface area contributed by atoms with Crippen molar-refractivity contribution in [2.24, 2.45) is 0 Å². The van der Waals surface area contributed by atoms with Crippen LogP contribution in [0.2, 0.25) is 0 Å². The number of hydrogen-bond donors (Lipinski definition) is 2. The van der Waals surface area contributed by atoms with Crippen molar-refractivity contribution in [3.05, 3.63) is 42.0 Å². The van der Waals surface area contributed by atoms with Crippen molar-refractivity contribution >= 4 is 39.4 Å². The van der Waals surface area contributed by atoms with Gasteiger partial charge in [-0.3, -0.25) is 28.9 Å². The van der Waals surface area contributed by atoms with Crippen LogP contribution < -0.4 is 4.90 Å². The van der Waals surface area contributed by atoms with Gasteiger partial charge in [0.25, 0.3) is 33.7 Å². The predicted molar refractivity (Wildman–Crippen MR) is 79.6 cm³/mol. The number of carbonyl (C=O) groups excluding carboxylic acids is 4. The van der Waals surface area contributed by atoms with Crippen LogP contribution in [0.5, 0.6) is 0 Å². The second-order valence-electron chi connectivity index (χ2n) is 5.39. The number of hydrogen-bond acceptors (Lipinski definition) is 7. The maximum atomic E-state index is 12.2. The lowest BCUT2D eigenvalue weighted by molar-refractivity contribution is -0.172. The van der Waals surface area contributed by atoms with E-state index < -0.39 is 44.9 Å². The van der Waals surface area contributed by atoms with E-state index in [1.54, 1.807) is 0 Å². The van der Waals surface area contributed by atoms with E-state index in [0.29, 0.717) is 0 Å². The van der Waals surface area contributed by atoms with Crippen molar-refractivity contribution in [1.82, 2.24) is 5.06 Å². The summed E-state index contributed by atoms with van der Waals surface area (Å²) in [4.78, 5) is 48.0. The molecule has 10 nitrogen and oxygen atoms in total. The van der Waals surface area contributed by atoms with Crippen molar-refractivity contribution in [2.75, 3.05) is 4.90 Å². The summed E-state index contributed by atoms with van der Waals surface area (Å²) in [5.74, 6) is -4.13. The molecule has 0 saturated carbocycles. The molecule has 0 spiro atoms. The zero-order valence-electron chi connectivity index (χ0n) is 12.3. The van der Waals surface area contributed by atoms with Gasteiger partial charge in [-0.05, 0) is 17.7 Å². The molecule has 130 valence electrons. The SMILES string of the molecule is O=C1CC(c2cccc(N3C(=O)C=CC3=O)c2)(S(=O)(=O)O)C(=O)N1O. The number of nitrogens with zero attached hydrogens (tertiary/aromatic N) is 2. The number of benzene rings is 1. The van der Waals surface area contributed by atoms with Crippen LogP contribution >= 0.6 is 0 Å². The van der Waals surface area contributed by atoms with E-state index in [1.807, 2.05) is 0 Å². The first-order chi connectivity index (χ1) is 11.6. The van der Waals surface area contributed by atoms with Crippen molar-refractivity contribution in [3.63, 3.8) is 0 Å². The van der Waals surface area contributed by atoms with Gasteiger partial charge in [0.2, 0.25) is 4.75 Å². The Labute approximate surface area is 140 Å². The first-order valence-corrected chi connectivity index (χ1v) is 8.23. The van der Waals surface area contributed by atoms with Crippen LogP contribution in [0, 0.1) is 0 Å². The molecule has 2 aliphatic rings. The Morgan fingerprint density at radius 3 is 2.12 bits per heavy atom. The van der Waals surface area contributed by atoms with E-state index in [1.165, 1.54) is 12.1 Å². The Bertz CT molecular complexity index is 949. The molecule has 0 aromatic heterocycles. The van der Waals surface area contributed by atoms with E-state index in [2.05, 4.69) is 0 Å². The van der Waals surface area contributed by atoms with Crippen LogP contribution in [0.25, 0.3) is 0 Å². The lowest BCUT2D eigenvalue weighted by Crippen LogP contribution is -2.43. The Morgan fingerprint density at radius 1 is 1.04 bits per heavy atom. The Hall–Kier alpha value is -2.89. The van der Waals surface area contributed by atoms with Crippen LogP contribution in [-0.2, 0) is 34.0 Å². The van der Waals surface area contributed by atoms with Crippen molar-refractivity contribution in [2.45, 2.75) is 11.2 Å². The number of rotatable bonds is 3. The highest BCUT2D eigenvalue weighted by Gasteiger charge is 2.61. The summed E-state index contributed by atoms with van der Waals surface area (Å²) in [6, 6.07) is 4.69. The molecule has 3 rings (SSSR count). The van der Waals surface area contributed by atoms with Crippen LogP contribution in [0.1, 0.15) is 12.0 Å². The molecule has 0 bridgehead atoms. The van der Waals surface area contributed by atoms with Gasteiger partial charge in [-0.25, -0.2) is 4.90 Å². The third-order valence-electron chi connectivity index (χ3n) is 3.99. The van der Waals surface area contributed by atoms with Gasteiger partial charge in [-0.2, -0.15) is 13.5 Å². The molecular weight excluding hydrogens is 356 g/mol. The molecule has 2 heterocycles. The summed E-state index contributed by atoms with van der Waals surface area (Å²) in [7, 11) is -5.18. The average molecular weight is 366 g/mol. The smallest absolute Gasteiger partial charge is 0.284 e. The third-order valence-corrected chi connectivity index (χ3v) is 5.43. The minimum Gasteiger partial charge on any atom is -0.284 e. The Morgan fingerprint density at radius 2 is 1.64 bits per heavy atom. The van der Waals surface area contributed by atoms with E-state index in [-0.39, 0.29) is 16.3 Å². The zero-order valence-corrected chi connectivity index (χ0v) is 13.1. The van der Waals surface area contributed by atoms with Crippen LogP contribution in [0.3, 0.4) is 0 Å². The van der Waals surface area contributed by atoms with Gasteiger partial charge in [0.1, 0.15) is 0 Å². The Balaban J connectivity index is 2.19. The van der Waals surface area contributed by atoms with Crippen molar-refractivity contribution in [3.8, 4) is 0 Å². The molecule has 1 aromatic rings. The number of anilines is 1. The summed E-state index contributed by atoms with van der Waals surface area (Å²) in [5.41, 5.74) is -0.424. The van der Waals surface area contributed by atoms with E-state index in [9.17, 15) is 37.4 Å². The minimum atomic E-state index is -5.18. The van der Waals surface area contributed by atoms with E-state index >= 15 is 0 Å². The molecule has 2 N–H and O–H groups in total. The summed E-state index contributed by atoms with van der Waals surface area (Å²) in [6.07, 6.45) is 0.991. The first-order valence-electron chi connectivity index (χ1n) is 6.79. The molecule has 1 atom stereocenters. The van der Waals surface area contributed by atoms with Crippen LogP contribution in [0.15, 0.2) is 36.4 Å². The van der Waals surface area contributed by atoms with Gasteiger partial charge >= 0.3 is 0 Å². The number of hydroxylamine groups is 2. The fraction of sp³-hybridized carbons (Fsp3) is 0.143. The fourth-order valence-corrected chi connectivity index (χ4v) is 3.81. The molecule has 11 heteroatoms. The maximum absolute atomic E-state index is 12.2. The summed E-state index contributed by atoms with van der Waals surface area (Å²) in [5, 5.41) is 9.04. The molecule has 4 amide bonds. The highest BCUT2D eigenvalue weighted by Crippen LogP contribution is 2.41. The van der Waals surface area contributed by atoms with Gasteiger partial charge in [0.15, 0.2) is 0 Å². The van der Waals surface area contributed by atoms with Crippen molar-refractivity contribution < 1.29 is 37.4 Å². The molecule has 25 heavy (non-hydrogen) atoms. The molecule has 0 aliphatic carbocycles. The predicted octanol–water partition coefficient (Wildman–Crippen LogP) is -0.653. The van der Waals surface area contributed by atoms with Gasteiger partial charge in [0, 0.05) is 12.2 Å². The molecular formula is C14H10N2O8S. The second-order valence-corrected chi connectivity index (χ2v) is 7.03. The van der Waals surface area contributed by atoms with Crippen molar-refractivity contribution in [1.29, 1.82) is 0 Å². The Kier molecular flexibility index (Phi) is 3.60. The zero-order chi connectivity index (χ0) is 18.6. The average Bonchev–Trinajstić information content (AvgIpc) is 2.99. The van der Waals surface area contributed by atoms with Crippen LogP contribution in [-0.4, -0.2) is 46.9 Å². The molecule has 1 fully saturated rings. The summed E-state index contributed by atoms with van der Waals surface area (Å²) < 4.78 is 30.6. The highest BCUT2D eigenvalue weighted by atomic mass is 32.2. The van der Waals surface area contributed by atoms with Gasteiger partial charge in [-0.15, -0.1) is 0 Å². The quantitative estimate of drug-likeness (QED) is 0.407. The lowest BCUT2D eigenvalue weighted by atomic mass is 9.95. The number of imide groups is 2.